The number of aryl methyl sites for hydroxylation is 1. The lowest BCUT2D eigenvalue weighted by atomic mass is 9.86. The summed E-state index contributed by atoms with van der Waals surface area (Å²) < 4.78 is 0. The zero-order valence-electron chi connectivity index (χ0n) is 12.9. The second-order valence-electron chi connectivity index (χ2n) is 5.60. The van der Waals surface area contributed by atoms with Crippen LogP contribution in [0.4, 0.5) is 0 Å². The molecule has 0 aliphatic carbocycles. The summed E-state index contributed by atoms with van der Waals surface area (Å²) in [5.74, 6) is -0.265. The molecule has 0 bridgehead atoms. The van der Waals surface area contributed by atoms with E-state index in [0.717, 1.165) is 22.2 Å². The van der Waals surface area contributed by atoms with E-state index in [-0.39, 0.29) is 17.6 Å². The number of aromatic nitrogens is 1. The van der Waals surface area contributed by atoms with Crippen LogP contribution >= 0.6 is 0 Å². The van der Waals surface area contributed by atoms with Crippen LogP contribution < -0.4 is 0 Å². The maximum atomic E-state index is 12.1. The van der Waals surface area contributed by atoms with Crippen molar-refractivity contribution in [1.82, 2.24) is 9.88 Å². The Labute approximate surface area is 129 Å². The maximum Gasteiger partial charge on any atom is 0.227 e. The summed E-state index contributed by atoms with van der Waals surface area (Å²) >= 11 is 0. The van der Waals surface area contributed by atoms with Crippen molar-refractivity contribution in [3.05, 3.63) is 59.6 Å². The molecule has 0 saturated heterocycles. The molecule has 112 valence electrons. The number of amides is 1. The summed E-state index contributed by atoms with van der Waals surface area (Å²) in [5, 5.41) is 1.11. The number of H-pyrrole nitrogens is 1. The summed E-state index contributed by atoms with van der Waals surface area (Å²) in [5.41, 5.74) is 3.82. The smallest absolute Gasteiger partial charge is 0.227 e. The van der Waals surface area contributed by atoms with E-state index in [1.165, 1.54) is 11.8 Å². The lowest BCUT2D eigenvalue weighted by molar-refractivity contribution is -0.124. The van der Waals surface area contributed by atoms with Crippen LogP contribution in [0.3, 0.4) is 0 Å². The van der Waals surface area contributed by atoms with Crippen LogP contribution in [-0.4, -0.2) is 21.6 Å². The van der Waals surface area contributed by atoms with Crippen molar-refractivity contribution in [2.24, 2.45) is 0 Å². The van der Waals surface area contributed by atoms with Crippen molar-refractivity contribution in [2.75, 3.05) is 0 Å². The quantitative estimate of drug-likeness (QED) is 0.922. The average Bonchev–Trinajstić information content (AvgIpc) is 2.82. The molecular weight excluding hydrogens is 276 g/mol. The Balaban J connectivity index is 2.16. The third kappa shape index (κ3) is 2.26. The summed E-state index contributed by atoms with van der Waals surface area (Å²) in [6, 6.07) is 8.05. The van der Waals surface area contributed by atoms with Gasteiger partial charge in [-0.2, -0.15) is 0 Å². The fourth-order valence-corrected chi connectivity index (χ4v) is 3.01. The van der Waals surface area contributed by atoms with E-state index < -0.39 is 0 Å². The summed E-state index contributed by atoms with van der Waals surface area (Å²) in [4.78, 5) is 28.4. The second-order valence-corrected chi connectivity index (χ2v) is 5.60. The molecule has 22 heavy (non-hydrogen) atoms. The van der Waals surface area contributed by atoms with Crippen LogP contribution in [0.15, 0.2) is 48.3 Å². The standard InChI is InChI=1S/C18H18N2O2/c1-11-18(15-6-4-5-7-17(15)19-11)14-8-9-20(13(3)22)10-16(14)12(2)21/h4-10,14,19H,1-3H3. The van der Waals surface area contributed by atoms with Gasteiger partial charge in [-0.05, 0) is 25.5 Å². The molecule has 1 N–H and O–H groups in total. The third-order valence-corrected chi connectivity index (χ3v) is 4.08. The Bertz CT molecular complexity index is 827. The van der Waals surface area contributed by atoms with Gasteiger partial charge in [0.2, 0.25) is 5.91 Å². The molecule has 0 spiro atoms. The molecule has 3 rings (SSSR count). The number of benzene rings is 1. The number of nitrogens with one attached hydrogen (secondary N) is 1. The third-order valence-electron chi connectivity index (χ3n) is 4.08. The first-order valence-electron chi connectivity index (χ1n) is 7.26. The molecule has 0 radical (unpaired) electrons. The highest BCUT2D eigenvalue weighted by molar-refractivity contribution is 5.98. The summed E-state index contributed by atoms with van der Waals surface area (Å²) in [7, 11) is 0. The number of nitrogens with zero attached hydrogens (tertiary/aromatic N) is 1. The van der Waals surface area contributed by atoms with Crippen LogP contribution in [0, 0.1) is 6.92 Å². The molecule has 1 amide bonds. The zero-order chi connectivity index (χ0) is 15.9. The number of aromatic amines is 1. The Morgan fingerprint density at radius 2 is 1.91 bits per heavy atom. The molecule has 1 aromatic carbocycles. The number of hydrogen-bond donors (Lipinski definition) is 1. The van der Waals surface area contributed by atoms with Crippen LogP contribution in [0.2, 0.25) is 0 Å². The summed E-state index contributed by atoms with van der Waals surface area (Å²) in [6.07, 6.45) is 5.30. The molecule has 2 heterocycles. The minimum Gasteiger partial charge on any atom is -0.358 e. The first-order valence-corrected chi connectivity index (χ1v) is 7.26. The number of rotatable bonds is 2. The number of allylic oxidation sites excluding steroid dienone is 2. The monoisotopic (exact) mass is 294 g/mol. The minimum absolute atomic E-state index is 0.0229. The fourth-order valence-electron chi connectivity index (χ4n) is 3.01. The van der Waals surface area contributed by atoms with E-state index in [0.29, 0.717) is 5.57 Å². The Kier molecular flexibility index (Phi) is 3.45. The van der Waals surface area contributed by atoms with Gasteiger partial charge < -0.3 is 4.98 Å². The number of hydrogen-bond acceptors (Lipinski definition) is 2. The number of carbonyl (C=O) groups excluding carboxylic acids is 2. The molecular formula is C18H18N2O2. The van der Waals surface area contributed by atoms with E-state index in [9.17, 15) is 9.59 Å². The van der Waals surface area contributed by atoms with Gasteiger partial charge in [-0.25, -0.2) is 0 Å². The highest BCUT2D eigenvalue weighted by Gasteiger charge is 2.26. The highest BCUT2D eigenvalue weighted by Crippen LogP contribution is 2.37. The van der Waals surface area contributed by atoms with E-state index in [1.54, 1.807) is 19.3 Å². The number of para-hydroxylation sites is 1. The molecule has 1 aliphatic heterocycles. The largest absolute Gasteiger partial charge is 0.358 e. The van der Waals surface area contributed by atoms with Crippen molar-refractivity contribution in [1.29, 1.82) is 0 Å². The highest BCUT2D eigenvalue weighted by atomic mass is 16.2. The first kappa shape index (κ1) is 14.3. The van der Waals surface area contributed by atoms with Crippen molar-refractivity contribution in [2.45, 2.75) is 26.7 Å². The number of carbonyl (C=O) groups is 2. The van der Waals surface area contributed by atoms with E-state index in [1.807, 2.05) is 31.2 Å². The average molecular weight is 294 g/mol. The number of fused-ring (bicyclic) bond motifs is 1. The fraction of sp³-hybridized carbons (Fsp3) is 0.222. The van der Waals surface area contributed by atoms with Crippen LogP contribution in [-0.2, 0) is 9.59 Å². The van der Waals surface area contributed by atoms with E-state index in [2.05, 4.69) is 11.1 Å². The normalized spacial score (nSPS) is 17.7. The molecule has 0 fully saturated rings. The van der Waals surface area contributed by atoms with Crippen LogP contribution in [0.5, 0.6) is 0 Å². The van der Waals surface area contributed by atoms with Gasteiger partial charge in [-0.15, -0.1) is 0 Å². The zero-order valence-corrected chi connectivity index (χ0v) is 12.9. The molecule has 0 saturated carbocycles. The maximum absolute atomic E-state index is 12.1. The number of Topliss-reactive ketones (excluding diaryl/α,β-unsaturated/α-hetero) is 1. The van der Waals surface area contributed by atoms with Crippen LogP contribution in [0.1, 0.15) is 31.0 Å². The second kappa shape index (κ2) is 5.30. The molecule has 1 unspecified atom stereocenters. The molecule has 1 aromatic heterocycles. The minimum atomic E-state index is -0.135. The van der Waals surface area contributed by atoms with Crippen molar-refractivity contribution < 1.29 is 9.59 Å². The van der Waals surface area contributed by atoms with Crippen LogP contribution in [0.25, 0.3) is 10.9 Å². The summed E-state index contributed by atoms with van der Waals surface area (Å²) in [6.45, 7) is 5.04. The van der Waals surface area contributed by atoms with Gasteiger partial charge >= 0.3 is 0 Å². The van der Waals surface area contributed by atoms with Gasteiger partial charge in [0, 0.05) is 47.4 Å². The van der Waals surface area contributed by atoms with Gasteiger partial charge in [0.1, 0.15) is 0 Å². The Morgan fingerprint density at radius 3 is 2.59 bits per heavy atom. The predicted octanol–water partition coefficient (Wildman–Crippen LogP) is 3.41. The van der Waals surface area contributed by atoms with Gasteiger partial charge in [0.25, 0.3) is 0 Å². The van der Waals surface area contributed by atoms with Gasteiger partial charge in [-0.1, -0.05) is 24.3 Å². The molecule has 2 aromatic rings. The molecule has 4 nitrogen and oxygen atoms in total. The van der Waals surface area contributed by atoms with Gasteiger partial charge in [-0.3, -0.25) is 14.5 Å². The van der Waals surface area contributed by atoms with Crippen molar-refractivity contribution >= 4 is 22.6 Å². The lowest BCUT2D eigenvalue weighted by Crippen LogP contribution is -2.23. The SMILES string of the molecule is CC(=O)C1=CN(C(C)=O)C=CC1c1c(C)[nH]c2ccccc12. The van der Waals surface area contributed by atoms with E-state index >= 15 is 0 Å². The van der Waals surface area contributed by atoms with E-state index in [4.69, 9.17) is 0 Å². The molecule has 4 heteroatoms. The van der Waals surface area contributed by atoms with Gasteiger partial charge in [0.15, 0.2) is 5.78 Å². The Hall–Kier alpha value is -2.62. The first-order chi connectivity index (χ1) is 10.5. The predicted molar refractivity (Wildman–Crippen MR) is 86.2 cm³/mol. The number of ketones is 1. The molecule has 1 atom stereocenters. The topological polar surface area (TPSA) is 53.2 Å². The van der Waals surface area contributed by atoms with Crippen molar-refractivity contribution in [3.8, 4) is 0 Å². The lowest BCUT2D eigenvalue weighted by Gasteiger charge is -2.24. The molecule has 1 aliphatic rings. The van der Waals surface area contributed by atoms with Gasteiger partial charge in [0.05, 0.1) is 0 Å². The Morgan fingerprint density at radius 1 is 1.18 bits per heavy atom. The van der Waals surface area contributed by atoms with Crippen molar-refractivity contribution in [3.63, 3.8) is 0 Å².